The molecule has 2 N–H and O–H groups in total. The minimum atomic E-state index is -2.52. The Morgan fingerprint density at radius 3 is 2.27 bits per heavy atom. The van der Waals surface area contributed by atoms with Crippen molar-refractivity contribution in [1.82, 2.24) is 14.8 Å². The molecular formula is C40H38FN5O9. The number of rotatable bonds is 9. The number of likely N-dealkylation sites (N-methyl/N-ethyl adjacent to an activating group) is 1. The fourth-order valence-electron chi connectivity index (χ4n) is 7.16. The standard InChI is InChI=1S/C40H38FN5O9/c1-3-44(4-2)38(50)34(24-9-6-5-7-10-24)46-17-15-45(16-18-46)29-13-12-26(19-28(29)41)43-37(49)27-20-30-35-36(33(27)25-11-8-14-42-23-25)54-32(48)22-40(52,39(51)55-35)21-31(47)53-30/h5-14,19-20,23,34,52H,3-4,15-18,21-22H2,1-2H3,(H,43,49). The van der Waals surface area contributed by atoms with Crippen molar-refractivity contribution in [3.05, 3.63) is 96.1 Å². The van der Waals surface area contributed by atoms with Crippen molar-refractivity contribution < 1.29 is 47.7 Å². The lowest BCUT2D eigenvalue weighted by molar-refractivity contribution is -0.170. The first kappa shape index (κ1) is 37.1. The number of carbonyl (C=O) groups excluding carboxylic acids is 5. The molecule has 14 nitrogen and oxygen atoms in total. The number of carbonyl (C=O) groups is 5. The molecule has 55 heavy (non-hydrogen) atoms. The summed E-state index contributed by atoms with van der Waals surface area (Å²) in [5.74, 6) is -6.05. The number of ether oxygens (including phenoxy) is 3. The SMILES string of the molecule is CCN(CC)C(=O)C(c1ccccc1)N1CCN(c2ccc(NC(=O)c3cc4c5c(c3-c3cccnc3)OC(=O)CC(O)(CC(=O)O4)C(=O)O5)cc2F)CC1. The number of nitrogens with zero attached hydrogens (tertiary/aromatic N) is 4. The molecule has 2 amide bonds. The van der Waals surface area contributed by atoms with Gasteiger partial charge in [-0.05, 0) is 49.7 Å². The topological polar surface area (TPSA) is 168 Å². The molecule has 0 radical (unpaired) electrons. The number of aromatic nitrogens is 1. The molecular weight excluding hydrogens is 713 g/mol. The Balaban J connectivity index is 1.15. The second-order valence-corrected chi connectivity index (χ2v) is 13.4. The van der Waals surface area contributed by atoms with Gasteiger partial charge < -0.3 is 34.4 Å². The van der Waals surface area contributed by atoms with Crippen molar-refractivity contribution in [2.75, 3.05) is 49.5 Å². The molecule has 2 atom stereocenters. The van der Waals surface area contributed by atoms with Gasteiger partial charge in [-0.25, -0.2) is 9.18 Å². The zero-order valence-corrected chi connectivity index (χ0v) is 30.1. The normalized spacial score (nSPS) is 18.8. The number of hydrogen-bond acceptors (Lipinski definition) is 12. The molecule has 2 bridgehead atoms. The first-order valence-corrected chi connectivity index (χ1v) is 17.9. The molecule has 0 saturated carbocycles. The van der Waals surface area contributed by atoms with Crippen LogP contribution in [-0.4, -0.2) is 94.5 Å². The van der Waals surface area contributed by atoms with Crippen molar-refractivity contribution in [2.24, 2.45) is 0 Å². The average Bonchev–Trinajstić information content (AvgIpc) is 3.16. The van der Waals surface area contributed by atoms with Crippen LogP contribution in [0.4, 0.5) is 15.8 Å². The fourth-order valence-corrected chi connectivity index (χ4v) is 7.16. The Bertz CT molecular complexity index is 2160. The van der Waals surface area contributed by atoms with Crippen LogP contribution < -0.4 is 24.4 Å². The van der Waals surface area contributed by atoms with E-state index in [9.17, 15) is 29.1 Å². The van der Waals surface area contributed by atoms with Crippen LogP contribution in [0.25, 0.3) is 11.1 Å². The van der Waals surface area contributed by atoms with E-state index in [4.69, 9.17) is 14.2 Å². The maximum absolute atomic E-state index is 15.9. The van der Waals surface area contributed by atoms with E-state index < -0.39 is 71.4 Å². The van der Waals surface area contributed by atoms with E-state index in [-0.39, 0.29) is 28.3 Å². The van der Waals surface area contributed by atoms with Gasteiger partial charge in [0.15, 0.2) is 17.1 Å². The van der Waals surface area contributed by atoms with Gasteiger partial charge >= 0.3 is 17.9 Å². The van der Waals surface area contributed by atoms with Crippen LogP contribution in [0.3, 0.4) is 0 Å². The van der Waals surface area contributed by atoms with E-state index in [1.165, 1.54) is 18.5 Å². The molecule has 4 heterocycles. The highest BCUT2D eigenvalue weighted by molar-refractivity contribution is 6.11. The van der Waals surface area contributed by atoms with Crippen LogP contribution in [0.5, 0.6) is 17.2 Å². The fraction of sp³-hybridized carbons (Fsp3) is 0.300. The van der Waals surface area contributed by atoms with Crippen molar-refractivity contribution in [3.8, 4) is 28.4 Å². The minimum Gasteiger partial charge on any atom is -0.422 e. The van der Waals surface area contributed by atoms with Crippen LogP contribution in [0.15, 0.2) is 79.1 Å². The van der Waals surface area contributed by atoms with Gasteiger partial charge in [-0.3, -0.25) is 29.1 Å². The first-order valence-electron chi connectivity index (χ1n) is 17.9. The lowest BCUT2D eigenvalue weighted by atomic mass is 9.93. The second kappa shape index (κ2) is 15.3. The monoisotopic (exact) mass is 751 g/mol. The van der Waals surface area contributed by atoms with Crippen molar-refractivity contribution in [3.63, 3.8) is 0 Å². The molecule has 284 valence electrons. The predicted molar refractivity (Wildman–Crippen MR) is 196 cm³/mol. The van der Waals surface area contributed by atoms with Crippen LogP contribution in [-0.2, 0) is 19.2 Å². The number of halogens is 1. The molecule has 0 spiro atoms. The lowest BCUT2D eigenvalue weighted by Crippen LogP contribution is -2.51. The van der Waals surface area contributed by atoms with Crippen LogP contribution in [0, 0.1) is 5.82 Å². The van der Waals surface area contributed by atoms with Gasteiger partial charge in [0.25, 0.3) is 5.91 Å². The van der Waals surface area contributed by atoms with Gasteiger partial charge in [-0.2, -0.15) is 0 Å². The Labute approximate surface area is 315 Å². The van der Waals surface area contributed by atoms with Gasteiger partial charge in [0.05, 0.1) is 24.1 Å². The molecule has 2 unspecified atom stereocenters. The third-order valence-electron chi connectivity index (χ3n) is 9.93. The van der Waals surface area contributed by atoms with E-state index in [1.807, 2.05) is 54.0 Å². The highest BCUT2D eigenvalue weighted by Gasteiger charge is 2.48. The Kier molecular flexibility index (Phi) is 10.3. The number of piperazine rings is 1. The predicted octanol–water partition coefficient (Wildman–Crippen LogP) is 4.13. The second-order valence-electron chi connectivity index (χ2n) is 13.4. The molecule has 1 saturated heterocycles. The summed E-state index contributed by atoms with van der Waals surface area (Å²) in [5, 5.41) is 13.5. The maximum Gasteiger partial charge on any atom is 0.345 e. The summed E-state index contributed by atoms with van der Waals surface area (Å²) in [4.78, 5) is 76.3. The third-order valence-corrected chi connectivity index (χ3v) is 9.93. The minimum absolute atomic E-state index is 0.0208. The molecule has 15 heteroatoms. The van der Waals surface area contributed by atoms with Crippen LogP contribution >= 0.6 is 0 Å². The number of aliphatic hydroxyl groups is 1. The molecule has 1 aromatic heterocycles. The average molecular weight is 752 g/mol. The van der Waals surface area contributed by atoms with E-state index in [1.54, 1.807) is 24.3 Å². The van der Waals surface area contributed by atoms with Crippen molar-refractivity contribution in [2.45, 2.75) is 38.3 Å². The summed E-state index contributed by atoms with van der Waals surface area (Å²) in [6.07, 6.45) is 1.04. The Morgan fingerprint density at radius 1 is 0.909 bits per heavy atom. The van der Waals surface area contributed by atoms with E-state index in [0.717, 1.165) is 11.6 Å². The van der Waals surface area contributed by atoms with Gasteiger partial charge in [0.1, 0.15) is 11.9 Å². The smallest absolute Gasteiger partial charge is 0.345 e. The zero-order chi connectivity index (χ0) is 38.9. The van der Waals surface area contributed by atoms with Crippen LogP contribution in [0.1, 0.15) is 48.7 Å². The number of benzene rings is 3. The van der Waals surface area contributed by atoms with Crippen LogP contribution in [0.2, 0.25) is 0 Å². The molecule has 7 rings (SSSR count). The number of amides is 2. The summed E-state index contributed by atoms with van der Waals surface area (Å²) < 4.78 is 32.3. The number of anilines is 2. The summed E-state index contributed by atoms with van der Waals surface area (Å²) in [7, 11) is 0. The number of esters is 3. The first-order chi connectivity index (χ1) is 26.5. The number of hydrogen-bond donors (Lipinski definition) is 2. The number of pyridine rings is 1. The van der Waals surface area contributed by atoms with Gasteiger partial charge in [0, 0.05) is 68.5 Å². The zero-order valence-electron chi connectivity index (χ0n) is 30.1. The molecule has 3 aromatic carbocycles. The highest BCUT2D eigenvalue weighted by Crippen LogP contribution is 2.50. The summed E-state index contributed by atoms with van der Waals surface area (Å²) >= 11 is 0. The van der Waals surface area contributed by atoms with Gasteiger partial charge in [0.2, 0.25) is 11.7 Å². The number of nitrogens with one attached hydrogen (secondary N) is 1. The maximum atomic E-state index is 15.9. The Morgan fingerprint density at radius 2 is 1.62 bits per heavy atom. The van der Waals surface area contributed by atoms with Gasteiger partial charge in [-0.1, -0.05) is 36.4 Å². The largest absolute Gasteiger partial charge is 0.422 e. The molecule has 0 aliphatic carbocycles. The highest BCUT2D eigenvalue weighted by atomic mass is 19.1. The summed E-state index contributed by atoms with van der Waals surface area (Å²) in [5.41, 5.74) is -1.15. The van der Waals surface area contributed by atoms with E-state index in [0.29, 0.717) is 45.0 Å². The van der Waals surface area contributed by atoms with Gasteiger partial charge in [-0.15, -0.1) is 0 Å². The molecule has 4 aromatic rings. The quantitative estimate of drug-likeness (QED) is 0.186. The lowest BCUT2D eigenvalue weighted by Gasteiger charge is -2.41. The van der Waals surface area contributed by atoms with E-state index in [2.05, 4.69) is 15.2 Å². The molecule has 3 aliphatic rings. The van der Waals surface area contributed by atoms with Crippen molar-refractivity contribution in [1.29, 1.82) is 0 Å². The third kappa shape index (κ3) is 7.35. The molecule has 3 aliphatic heterocycles. The Hall–Kier alpha value is -6.19. The molecule has 1 fully saturated rings. The summed E-state index contributed by atoms with van der Waals surface area (Å²) in [6, 6.07) is 17.7. The summed E-state index contributed by atoms with van der Waals surface area (Å²) in [6.45, 7) is 6.99. The van der Waals surface area contributed by atoms with E-state index >= 15 is 4.39 Å². The van der Waals surface area contributed by atoms with Crippen molar-refractivity contribution >= 4 is 41.1 Å². The number of fused-ring (bicyclic) bond motifs is 2.